The molecule has 214 valence electrons. The first kappa shape index (κ1) is 28.4. The quantitative estimate of drug-likeness (QED) is 0.354. The molecular formula is C32H35F2N5O2. The molecule has 1 atom stereocenters. The van der Waals surface area contributed by atoms with Gasteiger partial charge in [0.1, 0.15) is 17.3 Å². The molecule has 0 unspecified atom stereocenters. The molecule has 2 heterocycles. The molecular weight excluding hydrogens is 524 g/mol. The van der Waals surface area contributed by atoms with Crippen LogP contribution in [0.5, 0.6) is 0 Å². The highest BCUT2D eigenvalue weighted by atomic mass is 19.1. The minimum atomic E-state index is -0.749. The average molecular weight is 560 g/mol. The summed E-state index contributed by atoms with van der Waals surface area (Å²) in [5.74, 6) is -1.50. The number of nitrogens with zero attached hydrogens (tertiary/aromatic N) is 4. The molecule has 2 N–H and O–H groups in total. The monoisotopic (exact) mass is 559 g/mol. The largest absolute Gasteiger partial charge is 0.363 e. The summed E-state index contributed by atoms with van der Waals surface area (Å²) in [4.78, 5) is 32.0. The van der Waals surface area contributed by atoms with Gasteiger partial charge in [-0.2, -0.15) is 0 Å². The van der Waals surface area contributed by atoms with Crippen LogP contribution in [0.15, 0.2) is 82.4 Å². The molecule has 5 rings (SSSR count). The van der Waals surface area contributed by atoms with E-state index in [1.54, 1.807) is 6.92 Å². The van der Waals surface area contributed by atoms with Crippen LogP contribution in [0.2, 0.25) is 0 Å². The number of rotatable bonds is 8. The predicted molar refractivity (Wildman–Crippen MR) is 157 cm³/mol. The van der Waals surface area contributed by atoms with Gasteiger partial charge >= 0.3 is 5.69 Å². The smallest absolute Gasteiger partial charge is 0.331 e. The number of hydrogen-bond donors (Lipinski definition) is 1. The highest BCUT2D eigenvalue weighted by molar-refractivity contribution is 5.50. The van der Waals surface area contributed by atoms with E-state index in [4.69, 9.17) is 5.73 Å². The number of aromatic nitrogens is 2. The van der Waals surface area contributed by atoms with Crippen molar-refractivity contribution in [1.29, 1.82) is 0 Å². The molecule has 4 aromatic rings. The molecule has 0 spiro atoms. The molecule has 0 amide bonds. The Morgan fingerprint density at radius 1 is 0.780 bits per heavy atom. The van der Waals surface area contributed by atoms with Gasteiger partial charge in [0.25, 0.3) is 5.56 Å². The molecule has 1 aliphatic rings. The molecule has 7 nitrogen and oxygen atoms in total. The van der Waals surface area contributed by atoms with Gasteiger partial charge in [-0.15, -0.1) is 0 Å². The molecule has 0 radical (unpaired) electrons. The Kier molecular flexibility index (Phi) is 8.46. The molecule has 1 fully saturated rings. The molecule has 9 heteroatoms. The second-order valence-electron chi connectivity index (χ2n) is 10.6. The maximum atomic E-state index is 14.7. The topological polar surface area (TPSA) is 76.5 Å². The lowest BCUT2D eigenvalue weighted by molar-refractivity contribution is 0.248. The van der Waals surface area contributed by atoms with Crippen LogP contribution >= 0.6 is 0 Å². The third-order valence-corrected chi connectivity index (χ3v) is 7.99. The van der Waals surface area contributed by atoms with Gasteiger partial charge in [0.15, 0.2) is 0 Å². The summed E-state index contributed by atoms with van der Waals surface area (Å²) in [5, 5.41) is 0. The van der Waals surface area contributed by atoms with Crippen LogP contribution in [0.4, 0.5) is 14.5 Å². The molecule has 0 bridgehead atoms. The van der Waals surface area contributed by atoms with E-state index in [0.717, 1.165) is 41.9 Å². The first-order valence-corrected chi connectivity index (χ1v) is 13.8. The third kappa shape index (κ3) is 6.01. The van der Waals surface area contributed by atoms with E-state index in [9.17, 15) is 18.4 Å². The minimum absolute atomic E-state index is 0.0675. The van der Waals surface area contributed by atoms with Crippen molar-refractivity contribution < 1.29 is 8.78 Å². The Bertz CT molecular complexity index is 1620. The van der Waals surface area contributed by atoms with Crippen molar-refractivity contribution >= 4 is 5.69 Å². The van der Waals surface area contributed by atoms with Gasteiger partial charge in [-0.25, -0.2) is 13.6 Å². The van der Waals surface area contributed by atoms with Crippen molar-refractivity contribution in [3.05, 3.63) is 133 Å². The van der Waals surface area contributed by atoms with E-state index in [-0.39, 0.29) is 18.7 Å². The molecule has 41 heavy (non-hydrogen) atoms. The van der Waals surface area contributed by atoms with Crippen LogP contribution in [0.3, 0.4) is 0 Å². The fraction of sp³-hybridized carbons (Fsp3) is 0.312. The van der Waals surface area contributed by atoms with Crippen LogP contribution < -0.4 is 21.9 Å². The van der Waals surface area contributed by atoms with Gasteiger partial charge in [-0.05, 0) is 42.7 Å². The van der Waals surface area contributed by atoms with E-state index < -0.39 is 28.9 Å². The van der Waals surface area contributed by atoms with E-state index in [1.165, 1.54) is 21.8 Å². The second kappa shape index (κ2) is 12.2. The van der Waals surface area contributed by atoms with Crippen LogP contribution in [0, 0.1) is 25.5 Å². The summed E-state index contributed by atoms with van der Waals surface area (Å²) in [7, 11) is 0. The van der Waals surface area contributed by atoms with Gasteiger partial charge in [0.2, 0.25) is 0 Å². The summed E-state index contributed by atoms with van der Waals surface area (Å²) in [6.45, 7) is 6.73. The Labute approximate surface area is 238 Å². The standard InChI is InChI=1S/C32H35F2N5O2/c1-22-9-6-7-12-25(22)19-36-15-17-37(18-16-36)30-23(2)38(20-26-27(33)13-8-14-28(26)34)32(41)39(31(30)40)21-29(35)24-10-4-3-5-11-24/h3-14,29H,15-21,35H2,1-2H3/t29-/m1/s1. The first-order valence-electron chi connectivity index (χ1n) is 13.8. The van der Waals surface area contributed by atoms with E-state index in [1.807, 2.05) is 47.4 Å². The SMILES string of the molecule is Cc1ccccc1CN1CCN(c2c(C)n(Cc3c(F)cccc3F)c(=O)n(C[C@@H](N)c3ccccc3)c2=O)CC1. The fourth-order valence-electron chi connectivity index (χ4n) is 5.50. The third-order valence-electron chi connectivity index (χ3n) is 7.99. The lowest BCUT2D eigenvalue weighted by Gasteiger charge is -2.37. The van der Waals surface area contributed by atoms with E-state index >= 15 is 0 Å². The van der Waals surface area contributed by atoms with Crippen LogP contribution in [-0.4, -0.2) is 40.2 Å². The molecule has 1 aliphatic heterocycles. The number of aryl methyl sites for hydroxylation is 1. The Balaban J connectivity index is 1.50. The lowest BCUT2D eigenvalue weighted by atomic mass is 10.1. The van der Waals surface area contributed by atoms with Crippen molar-refractivity contribution in [2.24, 2.45) is 5.73 Å². The van der Waals surface area contributed by atoms with Crippen LogP contribution in [0.1, 0.15) is 34.0 Å². The number of piperazine rings is 1. The summed E-state index contributed by atoms with van der Waals surface area (Å²) < 4.78 is 31.7. The van der Waals surface area contributed by atoms with Gasteiger partial charge in [0, 0.05) is 50.0 Å². The molecule has 0 saturated carbocycles. The maximum absolute atomic E-state index is 14.7. The zero-order chi connectivity index (χ0) is 29.1. The zero-order valence-corrected chi connectivity index (χ0v) is 23.4. The Hall–Kier alpha value is -4.08. The zero-order valence-electron chi connectivity index (χ0n) is 23.4. The van der Waals surface area contributed by atoms with Crippen molar-refractivity contribution in [1.82, 2.24) is 14.0 Å². The normalized spacial score (nSPS) is 14.8. The van der Waals surface area contributed by atoms with Gasteiger partial charge < -0.3 is 10.6 Å². The van der Waals surface area contributed by atoms with Crippen LogP contribution in [0.25, 0.3) is 0 Å². The highest BCUT2D eigenvalue weighted by Crippen LogP contribution is 2.21. The average Bonchev–Trinajstić information content (AvgIpc) is 2.97. The number of hydrogen-bond acceptors (Lipinski definition) is 5. The van der Waals surface area contributed by atoms with E-state index in [2.05, 4.69) is 24.0 Å². The summed E-state index contributed by atoms with van der Waals surface area (Å²) in [6, 6.07) is 20.5. The van der Waals surface area contributed by atoms with E-state index in [0.29, 0.717) is 24.5 Å². The minimum Gasteiger partial charge on any atom is -0.363 e. The van der Waals surface area contributed by atoms with Crippen molar-refractivity contribution in [2.45, 2.75) is 39.5 Å². The molecule has 1 saturated heterocycles. The predicted octanol–water partition coefficient (Wildman–Crippen LogP) is 3.98. The van der Waals surface area contributed by atoms with Gasteiger partial charge in [-0.3, -0.25) is 18.8 Å². The number of halogens is 2. The summed E-state index contributed by atoms with van der Waals surface area (Å²) >= 11 is 0. The first-order chi connectivity index (χ1) is 19.7. The number of benzene rings is 3. The number of anilines is 1. The highest BCUT2D eigenvalue weighted by Gasteiger charge is 2.26. The molecule has 0 aliphatic carbocycles. The molecule has 1 aromatic heterocycles. The Morgan fingerprint density at radius 2 is 1.41 bits per heavy atom. The maximum Gasteiger partial charge on any atom is 0.331 e. The Morgan fingerprint density at radius 3 is 2.07 bits per heavy atom. The molecule has 3 aromatic carbocycles. The fourth-order valence-corrected chi connectivity index (χ4v) is 5.50. The second-order valence-corrected chi connectivity index (χ2v) is 10.6. The lowest BCUT2D eigenvalue weighted by Crippen LogP contribution is -2.51. The van der Waals surface area contributed by atoms with Gasteiger partial charge in [0.05, 0.1) is 13.1 Å². The van der Waals surface area contributed by atoms with Crippen molar-refractivity contribution in [3.8, 4) is 0 Å². The van der Waals surface area contributed by atoms with Crippen molar-refractivity contribution in [3.63, 3.8) is 0 Å². The number of nitrogens with two attached hydrogens (primary N) is 1. The van der Waals surface area contributed by atoms with Crippen molar-refractivity contribution in [2.75, 3.05) is 31.1 Å². The summed E-state index contributed by atoms with van der Waals surface area (Å²) in [5.41, 5.74) is 9.11. The van der Waals surface area contributed by atoms with Gasteiger partial charge in [-0.1, -0.05) is 60.7 Å². The summed E-state index contributed by atoms with van der Waals surface area (Å²) in [6.07, 6.45) is 0. The van der Waals surface area contributed by atoms with Crippen LogP contribution in [-0.2, 0) is 19.6 Å².